The van der Waals surface area contributed by atoms with Crippen molar-refractivity contribution in [1.29, 1.82) is 0 Å². The molecule has 4 amide bonds. The monoisotopic (exact) mass is 1970 g/mol. The van der Waals surface area contributed by atoms with E-state index in [4.69, 9.17) is 0 Å². The van der Waals surface area contributed by atoms with E-state index in [0.717, 1.165) is 167 Å². The van der Waals surface area contributed by atoms with Crippen LogP contribution in [0.25, 0.3) is 0 Å². The first-order chi connectivity index (χ1) is 67.7. The zero-order valence-corrected chi connectivity index (χ0v) is 85.9. The Morgan fingerprint density at radius 2 is 0.725 bits per heavy atom. The summed E-state index contributed by atoms with van der Waals surface area (Å²) in [7, 11) is -1.24. The van der Waals surface area contributed by atoms with Crippen LogP contribution in [0.4, 0.5) is 32.1 Å². The lowest BCUT2D eigenvalue weighted by atomic mass is 9.88. The SMILES string of the molecule is C[C@@H]1C[C@@H](O)c2ncnc(N3CCN(C(=O)[C@@H](c4ccc(S(C)(=O)=O)cc4)[C@@H]4CCCN4C)CC3)c21.C[C@@H]1C[C@H](O)c2ncnc(N3CCN(C(=O)[C@@H](c4ccc(C5CC5)cc4)[C@@H]4CCC(C)(C)N4)CC3)c21.Cc1ccc([C@H](C(=O)N2CCN(c3ncnc4c3[C@H](C)C[C@H]4O)CC2)[C@@H]2CCC(C)(C)N2)c(F)c1.Cc1ccc([C@H](C(=O)N2CCN(c3ncnc4c3[C@H](C)C[C@H]4O)CC2)[C@@H]2CCC(C)(C)N2)cc1F. The number of likely N-dealkylation sites (tertiary alicyclic amines) is 1. The minimum atomic E-state index is -3.30. The molecule has 9 fully saturated rings. The molecule has 1 saturated carbocycles. The average molecular weight is 1970 g/mol. The fourth-order valence-corrected chi connectivity index (χ4v) is 25.5. The van der Waals surface area contributed by atoms with Crippen LogP contribution in [-0.4, -0.2) is 282 Å². The van der Waals surface area contributed by atoms with Gasteiger partial charge in [0.05, 0.1) is 75.8 Å². The number of nitrogens with zero attached hydrogens (tertiary/aromatic N) is 17. The first-order valence-corrected chi connectivity index (χ1v) is 53.9. The Labute approximate surface area is 835 Å². The average Bonchev–Trinajstić information content (AvgIpc) is 1.61. The first kappa shape index (κ1) is 102. The standard InChI is InChI=1S/C29H39N5O2.2C27H36FN5O2.C26H35N5O4S/c1-18-16-23(35)26-24(18)27(31-17-30-26)33-12-14-34(15-13-33)28(36)25(22-10-11-29(2,3)32-22)21-8-6-20(7-9-21)19-4-5-19;1-16-5-6-18(14-19(16)28)23(20-7-8-27(3,4)31-20)26(35)33-11-9-32(10-12-33)25-22-17(2)13-21(34)24(22)29-15-30-25;1-16-5-6-18(19(28)13-16)23(20-7-8-27(3,4)31-20)26(35)33-11-9-32(10-12-33)25-22-17(2)14-21(34)24(22)29-15-30-25;1-17-15-21(32)24-22(17)25(28-16-27-24)30-11-13-31(14-12-30)26(33)23(20-5-4-10-29(20)2)18-6-8-19(9-7-18)36(3,34)35/h6-9,17-19,22-23,25,32,35H,4-5,10-16H2,1-3H3;5-6,14-15,17,20-21,23,31,34H,7-13H2,1-4H3;5-6,13,15,17,20-21,23,31,34H,7-12,14H2,1-4H3;6-9,16-17,20-21,23,32H,4-5,10-15H2,1-3H3/t18-,22+,23+,25+;3*17-,20+,21-,23+/m1111/s1. The Kier molecular flexibility index (Phi) is 29.9. The summed E-state index contributed by atoms with van der Waals surface area (Å²) in [5.74, 6) is 3.43. The molecule has 0 unspecified atom stereocenters. The summed E-state index contributed by atoms with van der Waals surface area (Å²) in [6, 6.07) is 26.3. The number of halogens is 2. The van der Waals surface area contributed by atoms with Gasteiger partial charge in [-0.3, -0.25) is 19.2 Å². The minimum Gasteiger partial charge on any atom is -0.387 e. The van der Waals surface area contributed by atoms with Gasteiger partial charge in [-0.05, 0) is 246 Å². The van der Waals surface area contributed by atoms with Crippen LogP contribution in [0.5, 0.6) is 0 Å². The van der Waals surface area contributed by atoms with Crippen molar-refractivity contribution in [2.75, 3.05) is 144 Å². The van der Waals surface area contributed by atoms with Crippen molar-refractivity contribution in [1.82, 2.24) is 80.3 Å². The smallest absolute Gasteiger partial charge is 0.231 e. The summed E-state index contributed by atoms with van der Waals surface area (Å²) in [5.41, 5.74) is 13.2. The second kappa shape index (κ2) is 41.7. The van der Waals surface area contributed by atoms with Crippen molar-refractivity contribution in [3.8, 4) is 0 Å². The number of carbonyl (C=O) groups is 4. The highest BCUT2D eigenvalue weighted by Crippen LogP contribution is 2.50. The number of hydrogen-bond acceptors (Lipinski definition) is 26. The molecule has 12 heterocycles. The molecule has 7 N–H and O–H groups in total. The largest absolute Gasteiger partial charge is 0.387 e. The molecule has 4 aromatic carbocycles. The van der Waals surface area contributed by atoms with E-state index in [9.17, 15) is 52.4 Å². The molecule has 0 radical (unpaired) electrons. The Morgan fingerprint density at radius 1 is 0.394 bits per heavy atom. The molecule has 4 aromatic heterocycles. The van der Waals surface area contributed by atoms with Crippen LogP contribution >= 0.6 is 0 Å². The molecule has 8 saturated heterocycles. The van der Waals surface area contributed by atoms with Crippen molar-refractivity contribution >= 4 is 56.7 Å². The lowest BCUT2D eigenvalue weighted by Crippen LogP contribution is -2.53. The predicted octanol–water partition coefficient (Wildman–Crippen LogP) is 12.7. The number of aliphatic hydroxyl groups is 4. The Morgan fingerprint density at radius 3 is 1.05 bits per heavy atom. The molecular weight excluding hydrogens is 1820 g/mol. The second-order valence-electron chi connectivity index (χ2n) is 44.8. The molecule has 142 heavy (non-hydrogen) atoms. The number of aryl methyl sites for hydroxylation is 2. The van der Waals surface area contributed by atoms with Crippen molar-refractivity contribution in [3.63, 3.8) is 0 Å². The van der Waals surface area contributed by atoms with Crippen molar-refractivity contribution in [3.05, 3.63) is 206 Å². The Balaban J connectivity index is 0.000000125. The molecule has 0 spiro atoms. The highest BCUT2D eigenvalue weighted by atomic mass is 32.2. The highest BCUT2D eigenvalue weighted by molar-refractivity contribution is 7.90. The number of nitrogens with one attached hydrogen (secondary N) is 3. The molecule has 8 aliphatic heterocycles. The molecule has 0 bridgehead atoms. The van der Waals surface area contributed by atoms with Gasteiger partial charge in [-0.15, -0.1) is 0 Å². The van der Waals surface area contributed by atoms with E-state index >= 15 is 4.39 Å². The fourth-order valence-electron chi connectivity index (χ4n) is 24.9. The highest BCUT2D eigenvalue weighted by Gasteiger charge is 2.49. The summed E-state index contributed by atoms with van der Waals surface area (Å²) >= 11 is 0. The van der Waals surface area contributed by atoms with Gasteiger partial charge in [0.2, 0.25) is 23.6 Å². The normalized spacial score (nSPS) is 26.8. The first-order valence-electron chi connectivity index (χ1n) is 52.0. The fraction of sp³-hybridized carbons (Fsp3) is 0.596. The molecule has 13 aliphatic rings. The molecule has 30 nitrogen and oxygen atoms in total. The number of rotatable bonds is 18. The van der Waals surface area contributed by atoms with E-state index in [-0.39, 0.29) is 116 Å². The number of aromatic nitrogens is 8. The number of benzene rings is 4. The van der Waals surface area contributed by atoms with Gasteiger partial charge in [0, 0.05) is 180 Å². The van der Waals surface area contributed by atoms with E-state index < -0.39 is 46.1 Å². The number of carbonyl (C=O) groups excluding carboxylic acids is 4. The van der Waals surface area contributed by atoms with Crippen LogP contribution in [0.2, 0.25) is 0 Å². The van der Waals surface area contributed by atoms with Gasteiger partial charge < -0.3 is 80.5 Å². The quantitative estimate of drug-likeness (QED) is 0.0419. The molecule has 5 aliphatic carbocycles. The van der Waals surface area contributed by atoms with E-state index in [1.807, 2.05) is 33.8 Å². The van der Waals surface area contributed by atoms with Gasteiger partial charge in [-0.2, -0.15) is 0 Å². The van der Waals surface area contributed by atoms with E-state index in [1.165, 1.54) is 55.8 Å². The third-order valence-electron chi connectivity index (χ3n) is 32.9. The summed E-state index contributed by atoms with van der Waals surface area (Å²) in [4.78, 5) is 111. The lowest BCUT2D eigenvalue weighted by molar-refractivity contribution is -0.135. The maximum Gasteiger partial charge on any atom is 0.231 e. The molecular formula is C109H146F2N20O10S. The topological polar surface area (TPSA) is 352 Å². The lowest BCUT2D eigenvalue weighted by Gasteiger charge is -2.39. The van der Waals surface area contributed by atoms with E-state index in [2.05, 4.69) is 186 Å². The van der Waals surface area contributed by atoms with Crippen LogP contribution in [0.15, 0.2) is 115 Å². The summed E-state index contributed by atoms with van der Waals surface area (Å²) in [6.45, 7) is 36.3. The van der Waals surface area contributed by atoms with Gasteiger partial charge in [0.1, 0.15) is 60.2 Å². The number of hydrogen-bond donors (Lipinski definition) is 7. The van der Waals surface area contributed by atoms with Gasteiger partial charge in [-0.1, -0.05) is 88.4 Å². The number of likely N-dealkylation sites (N-methyl/N-ethyl adjacent to an activating group) is 1. The van der Waals surface area contributed by atoms with E-state index in [1.54, 1.807) is 49.6 Å². The van der Waals surface area contributed by atoms with Crippen LogP contribution in [0, 0.1) is 25.5 Å². The van der Waals surface area contributed by atoms with Crippen LogP contribution in [0.3, 0.4) is 0 Å². The summed E-state index contributed by atoms with van der Waals surface area (Å²) < 4.78 is 53.5. The molecule has 8 aromatic rings. The zero-order chi connectivity index (χ0) is 100. The van der Waals surface area contributed by atoms with Crippen LogP contribution in [0.1, 0.15) is 321 Å². The van der Waals surface area contributed by atoms with Crippen molar-refractivity contribution < 1.29 is 56.8 Å². The van der Waals surface area contributed by atoms with Gasteiger partial charge in [0.25, 0.3) is 0 Å². The number of sulfone groups is 1. The number of aliphatic hydroxyl groups excluding tert-OH is 4. The minimum absolute atomic E-state index is 0.0145. The summed E-state index contributed by atoms with van der Waals surface area (Å²) in [5, 5.41) is 52.4. The van der Waals surface area contributed by atoms with Gasteiger partial charge in [0.15, 0.2) is 9.84 Å². The predicted molar refractivity (Wildman–Crippen MR) is 543 cm³/mol. The maximum atomic E-state index is 15.1. The summed E-state index contributed by atoms with van der Waals surface area (Å²) in [6.07, 6.45) is 18.2. The Hall–Kier alpha value is -10.2. The number of fused-ring (bicyclic) bond motifs is 4. The number of piperazine rings is 4. The third kappa shape index (κ3) is 21.6. The number of amides is 4. The third-order valence-corrected chi connectivity index (χ3v) is 34.1. The van der Waals surface area contributed by atoms with Crippen molar-refractivity contribution in [2.45, 2.75) is 296 Å². The molecule has 21 rings (SSSR count). The van der Waals surface area contributed by atoms with Crippen molar-refractivity contribution in [2.24, 2.45) is 0 Å². The molecule has 16 atom stereocenters. The molecule has 762 valence electrons. The number of anilines is 4. The van der Waals surface area contributed by atoms with E-state index in [0.29, 0.717) is 128 Å². The molecule has 33 heteroatoms. The maximum absolute atomic E-state index is 15.1. The second-order valence-corrected chi connectivity index (χ2v) is 46.8. The van der Waals surface area contributed by atoms with Crippen LogP contribution < -0.4 is 35.6 Å². The van der Waals surface area contributed by atoms with Gasteiger partial charge >= 0.3 is 0 Å². The van der Waals surface area contributed by atoms with Gasteiger partial charge in [-0.25, -0.2) is 57.1 Å². The Bertz CT molecular complexity index is 6030. The van der Waals surface area contributed by atoms with Crippen LogP contribution in [-0.2, 0) is 29.0 Å². The zero-order valence-electron chi connectivity index (χ0n) is 85.1.